The van der Waals surface area contributed by atoms with Crippen molar-refractivity contribution in [1.82, 2.24) is 5.32 Å². The Morgan fingerprint density at radius 2 is 1.97 bits per heavy atom. The number of hydrogen-bond acceptors (Lipinski definition) is 5. The summed E-state index contributed by atoms with van der Waals surface area (Å²) in [7, 11) is 0. The van der Waals surface area contributed by atoms with Crippen LogP contribution < -0.4 is 16.0 Å². The number of amides is 2. The quantitative estimate of drug-likeness (QED) is 0.563. The van der Waals surface area contributed by atoms with E-state index in [1.165, 1.54) is 16.2 Å². The number of ether oxygens (including phenoxy) is 1. The summed E-state index contributed by atoms with van der Waals surface area (Å²) < 4.78 is 6.51. The number of anilines is 2. The third-order valence-electron chi connectivity index (χ3n) is 5.18. The number of fused-ring (bicyclic) bond motifs is 1. The zero-order valence-corrected chi connectivity index (χ0v) is 18.5. The van der Waals surface area contributed by atoms with Gasteiger partial charge in [0.1, 0.15) is 5.00 Å². The van der Waals surface area contributed by atoms with Crippen LogP contribution in [0.25, 0.3) is 0 Å². The second-order valence-corrected chi connectivity index (χ2v) is 9.36. The smallest absolute Gasteiger partial charge is 0.258 e. The molecule has 3 N–H and O–H groups in total. The van der Waals surface area contributed by atoms with E-state index in [-0.39, 0.29) is 24.5 Å². The van der Waals surface area contributed by atoms with E-state index in [1.54, 1.807) is 0 Å². The molecule has 1 atom stereocenters. The van der Waals surface area contributed by atoms with Gasteiger partial charge < -0.3 is 20.7 Å². The monoisotopic (exact) mass is 477 g/mol. The fraction of sp³-hybridized carbons (Fsp3) is 0.429. The summed E-state index contributed by atoms with van der Waals surface area (Å²) >= 11 is 4.92. The van der Waals surface area contributed by atoms with E-state index < -0.39 is 0 Å². The molecule has 1 aromatic heterocycles. The summed E-state index contributed by atoms with van der Waals surface area (Å²) in [6.07, 6.45) is 5.20. The molecule has 4 rings (SSSR count). The van der Waals surface area contributed by atoms with Crippen molar-refractivity contribution < 1.29 is 14.3 Å². The second-order valence-electron chi connectivity index (χ2n) is 7.34. The molecule has 1 aromatic carbocycles. The Balaban J connectivity index is 1.42. The lowest BCUT2D eigenvalue weighted by molar-refractivity contribution is -0.115. The molecule has 1 aliphatic carbocycles. The molecule has 0 radical (unpaired) electrons. The Kier molecular flexibility index (Phi) is 6.64. The summed E-state index contributed by atoms with van der Waals surface area (Å²) in [6, 6.07) is 7.47. The molecule has 0 bridgehead atoms. The van der Waals surface area contributed by atoms with Crippen molar-refractivity contribution in [3.05, 3.63) is 44.7 Å². The van der Waals surface area contributed by atoms with E-state index in [2.05, 4.69) is 31.9 Å². The van der Waals surface area contributed by atoms with E-state index in [1.807, 2.05) is 24.3 Å². The van der Waals surface area contributed by atoms with Crippen LogP contribution in [0.5, 0.6) is 0 Å². The van der Waals surface area contributed by atoms with Crippen molar-refractivity contribution >= 4 is 49.8 Å². The van der Waals surface area contributed by atoms with Crippen molar-refractivity contribution in [3.63, 3.8) is 0 Å². The van der Waals surface area contributed by atoms with Crippen molar-refractivity contribution in [2.24, 2.45) is 0 Å². The lowest BCUT2D eigenvalue weighted by atomic mass is 10.1. The number of benzene rings is 1. The fourth-order valence-electron chi connectivity index (χ4n) is 3.78. The molecule has 1 unspecified atom stereocenters. The molecule has 1 saturated heterocycles. The maximum absolute atomic E-state index is 13.0. The van der Waals surface area contributed by atoms with Gasteiger partial charge in [0.05, 0.1) is 18.2 Å². The number of hydrogen-bond donors (Lipinski definition) is 3. The fourth-order valence-corrected chi connectivity index (χ4v) is 5.35. The van der Waals surface area contributed by atoms with Gasteiger partial charge in [-0.05, 0) is 61.9 Å². The minimum absolute atomic E-state index is 0.138. The molecule has 1 fully saturated rings. The third-order valence-corrected chi connectivity index (χ3v) is 6.92. The highest BCUT2D eigenvalue weighted by Gasteiger charge is 2.27. The van der Waals surface area contributed by atoms with Crippen molar-refractivity contribution in [2.45, 2.75) is 38.2 Å². The third kappa shape index (κ3) is 5.06. The van der Waals surface area contributed by atoms with Crippen LogP contribution in [-0.2, 0) is 22.4 Å². The largest absolute Gasteiger partial charge is 0.377 e. The molecule has 2 heterocycles. The van der Waals surface area contributed by atoms with Gasteiger partial charge in [0.2, 0.25) is 5.91 Å². The Bertz CT molecular complexity index is 891. The molecule has 2 amide bonds. The van der Waals surface area contributed by atoms with Gasteiger partial charge in [-0.3, -0.25) is 9.59 Å². The van der Waals surface area contributed by atoms with Gasteiger partial charge >= 0.3 is 0 Å². The highest BCUT2D eigenvalue weighted by atomic mass is 79.9. The molecule has 0 saturated carbocycles. The van der Waals surface area contributed by atoms with Gasteiger partial charge in [-0.15, -0.1) is 11.3 Å². The number of aryl methyl sites for hydroxylation is 1. The molecule has 6 nitrogen and oxygen atoms in total. The average Bonchev–Trinajstić information content (AvgIpc) is 3.41. The number of carbonyl (C=O) groups is 2. The number of nitrogens with one attached hydrogen (secondary N) is 3. The van der Waals surface area contributed by atoms with Crippen LogP contribution in [0, 0.1) is 0 Å². The molecule has 1 aliphatic heterocycles. The predicted octanol–water partition coefficient (Wildman–Crippen LogP) is 3.96. The van der Waals surface area contributed by atoms with Crippen LogP contribution in [-0.4, -0.2) is 37.6 Å². The molecule has 2 aliphatic rings. The normalized spacial score (nSPS) is 17.9. The highest BCUT2D eigenvalue weighted by Crippen LogP contribution is 2.39. The second kappa shape index (κ2) is 9.38. The molecule has 154 valence electrons. The molecule has 29 heavy (non-hydrogen) atoms. The molecular weight excluding hydrogens is 454 g/mol. The minimum Gasteiger partial charge on any atom is -0.377 e. The first-order chi connectivity index (χ1) is 14.1. The first-order valence-electron chi connectivity index (χ1n) is 9.94. The van der Waals surface area contributed by atoms with Crippen LogP contribution in [0.2, 0.25) is 0 Å². The van der Waals surface area contributed by atoms with E-state index in [4.69, 9.17) is 4.74 Å². The van der Waals surface area contributed by atoms with Crippen LogP contribution in [0.15, 0.2) is 28.7 Å². The van der Waals surface area contributed by atoms with Gasteiger partial charge in [0, 0.05) is 28.2 Å². The van der Waals surface area contributed by atoms with Gasteiger partial charge in [-0.1, -0.05) is 15.9 Å². The lowest BCUT2D eigenvalue weighted by Crippen LogP contribution is -2.33. The van der Waals surface area contributed by atoms with Gasteiger partial charge in [0.25, 0.3) is 5.91 Å². The van der Waals surface area contributed by atoms with Gasteiger partial charge in [0.15, 0.2) is 0 Å². The standard InChI is InChI=1S/C21H24BrN3O3S/c22-13-6-8-14(9-7-13)24-20(27)19-16-4-1-5-17(16)29-21(19)25-18(26)12-23-11-15-3-2-10-28-15/h6-9,15,23H,1-5,10-12H2,(H,24,27)(H,25,26). The lowest BCUT2D eigenvalue weighted by Gasteiger charge is -2.12. The van der Waals surface area contributed by atoms with Crippen LogP contribution in [0.3, 0.4) is 0 Å². The summed E-state index contributed by atoms with van der Waals surface area (Å²) in [5, 5.41) is 9.71. The topological polar surface area (TPSA) is 79.5 Å². The molecule has 8 heteroatoms. The Labute approximate surface area is 182 Å². The number of rotatable bonds is 7. The van der Waals surface area contributed by atoms with Crippen molar-refractivity contribution in [2.75, 3.05) is 30.3 Å². The van der Waals surface area contributed by atoms with Crippen LogP contribution in [0.4, 0.5) is 10.7 Å². The predicted molar refractivity (Wildman–Crippen MR) is 119 cm³/mol. The minimum atomic E-state index is -0.172. The Morgan fingerprint density at radius 3 is 2.72 bits per heavy atom. The summed E-state index contributed by atoms with van der Waals surface area (Å²) in [6.45, 7) is 1.68. The first-order valence-corrected chi connectivity index (χ1v) is 11.5. The van der Waals surface area contributed by atoms with E-state index in [0.717, 1.165) is 54.4 Å². The summed E-state index contributed by atoms with van der Waals surface area (Å²) in [4.78, 5) is 26.7. The number of thiophene rings is 1. The SMILES string of the molecule is O=C(CNCC1CCCO1)Nc1sc2c(c1C(=O)Nc1ccc(Br)cc1)CCC2. The van der Waals surface area contributed by atoms with E-state index in [0.29, 0.717) is 17.1 Å². The van der Waals surface area contributed by atoms with Gasteiger partial charge in [-0.25, -0.2) is 0 Å². The zero-order chi connectivity index (χ0) is 20.2. The van der Waals surface area contributed by atoms with Gasteiger partial charge in [-0.2, -0.15) is 0 Å². The summed E-state index contributed by atoms with van der Waals surface area (Å²) in [5.74, 6) is -0.310. The Hall–Kier alpha value is -1.74. The van der Waals surface area contributed by atoms with Crippen molar-refractivity contribution in [1.29, 1.82) is 0 Å². The van der Waals surface area contributed by atoms with E-state index >= 15 is 0 Å². The summed E-state index contributed by atoms with van der Waals surface area (Å²) in [5.41, 5.74) is 2.41. The Morgan fingerprint density at radius 1 is 1.14 bits per heavy atom. The molecule has 0 spiro atoms. The maximum Gasteiger partial charge on any atom is 0.258 e. The molecule has 2 aromatic rings. The average molecular weight is 478 g/mol. The zero-order valence-electron chi connectivity index (χ0n) is 16.1. The van der Waals surface area contributed by atoms with Crippen LogP contribution >= 0.6 is 27.3 Å². The van der Waals surface area contributed by atoms with Crippen molar-refractivity contribution in [3.8, 4) is 0 Å². The first kappa shape index (κ1) is 20.5. The maximum atomic E-state index is 13.0. The molecular formula is C21H24BrN3O3S. The number of carbonyl (C=O) groups excluding carboxylic acids is 2. The van der Waals surface area contributed by atoms with E-state index in [9.17, 15) is 9.59 Å². The highest BCUT2D eigenvalue weighted by molar-refractivity contribution is 9.10. The van der Waals surface area contributed by atoms with Crippen LogP contribution in [0.1, 0.15) is 40.1 Å². The number of halogens is 1.